The first-order valence-electron chi connectivity index (χ1n) is 4.10. The van der Waals surface area contributed by atoms with Crippen LogP contribution in [0, 0.1) is 6.92 Å². The number of hydrogen-bond donors (Lipinski definition) is 1. The molecule has 1 aromatic heterocycles. The Labute approximate surface area is 85.1 Å². The summed E-state index contributed by atoms with van der Waals surface area (Å²) in [5.41, 5.74) is 4.61. The number of carbonyl (C=O) groups excluding carboxylic acids is 1. The number of rotatable bonds is 3. The molecule has 1 rings (SSSR count). The predicted octanol–water partition coefficient (Wildman–Crippen LogP) is 1.44. The molecule has 0 aliphatic rings. The van der Waals surface area contributed by atoms with E-state index in [2.05, 4.69) is 4.98 Å². The summed E-state index contributed by atoms with van der Waals surface area (Å²) in [5.74, 6) is -1.15. The first kappa shape index (κ1) is 11.4. The molecule has 1 amide bonds. The molecule has 1 heterocycles. The van der Waals surface area contributed by atoms with Gasteiger partial charge in [0.1, 0.15) is 0 Å². The smallest absolute Gasteiger partial charge is 0.271 e. The van der Waals surface area contributed by atoms with E-state index in [-0.39, 0.29) is 22.6 Å². The topological polar surface area (TPSA) is 65.2 Å². The predicted molar refractivity (Wildman–Crippen MR) is 49.0 cm³/mol. The van der Waals surface area contributed by atoms with Crippen LogP contribution in [0.1, 0.15) is 28.0 Å². The SMILES string of the molecule is COc1c(C(N)=O)ncc(C)c1C(F)F. The third-order valence-corrected chi connectivity index (χ3v) is 1.93. The fourth-order valence-corrected chi connectivity index (χ4v) is 1.25. The minimum absolute atomic E-state index is 0.252. The van der Waals surface area contributed by atoms with Crippen molar-refractivity contribution in [3.05, 3.63) is 23.0 Å². The monoisotopic (exact) mass is 216 g/mol. The molecule has 0 aromatic carbocycles. The normalized spacial score (nSPS) is 10.5. The number of alkyl halides is 2. The van der Waals surface area contributed by atoms with Gasteiger partial charge in [0, 0.05) is 6.20 Å². The van der Waals surface area contributed by atoms with Gasteiger partial charge in [-0.3, -0.25) is 4.79 Å². The zero-order chi connectivity index (χ0) is 11.6. The lowest BCUT2D eigenvalue weighted by atomic mass is 10.1. The summed E-state index contributed by atoms with van der Waals surface area (Å²) in [7, 11) is 1.19. The van der Waals surface area contributed by atoms with Crippen LogP contribution in [0.2, 0.25) is 0 Å². The molecule has 6 heteroatoms. The number of pyridine rings is 1. The van der Waals surface area contributed by atoms with Gasteiger partial charge in [0.15, 0.2) is 11.4 Å². The van der Waals surface area contributed by atoms with Gasteiger partial charge in [0.05, 0.1) is 12.7 Å². The van der Waals surface area contributed by atoms with E-state index >= 15 is 0 Å². The highest BCUT2D eigenvalue weighted by atomic mass is 19.3. The van der Waals surface area contributed by atoms with Crippen molar-refractivity contribution in [2.24, 2.45) is 5.73 Å². The van der Waals surface area contributed by atoms with Crippen molar-refractivity contribution in [1.82, 2.24) is 4.98 Å². The Morgan fingerprint density at radius 1 is 1.60 bits per heavy atom. The Morgan fingerprint density at radius 3 is 2.60 bits per heavy atom. The summed E-state index contributed by atoms with van der Waals surface area (Å²) in [6.07, 6.45) is -1.56. The van der Waals surface area contributed by atoms with Crippen molar-refractivity contribution in [3.8, 4) is 5.75 Å². The zero-order valence-electron chi connectivity index (χ0n) is 8.25. The molecule has 82 valence electrons. The number of amides is 1. The first-order chi connectivity index (χ1) is 6.99. The summed E-state index contributed by atoms with van der Waals surface area (Å²) in [4.78, 5) is 14.6. The highest BCUT2D eigenvalue weighted by Crippen LogP contribution is 2.33. The standard InChI is InChI=1S/C9H10F2N2O2/c1-4-3-13-6(9(12)14)7(15-2)5(4)8(10)11/h3,8H,1-2H3,(H2,12,14). The van der Waals surface area contributed by atoms with Crippen LogP contribution in [-0.2, 0) is 0 Å². The number of carbonyl (C=O) groups is 1. The van der Waals surface area contributed by atoms with E-state index in [9.17, 15) is 13.6 Å². The molecule has 2 N–H and O–H groups in total. The number of halogens is 2. The maximum absolute atomic E-state index is 12.7. The minimum atomic E-state index is -2.74. The van der Waals surface area contributed by atoms with Gasteiger partial charge in [0.25, 0.3) is 12.3 Å². The fraction of sp³-hybridized carbons (Fsp3) is 0.333. The van der Waals surface area contributed by atoms with E-state index in [1.165, 1.54) is 20.2 Å². The molecule has 0 radical (unpaired) electrons. The second-order valence-electron chi connectivity index (χ2n) is 2.90. The van der Waals surface area contributed by atoms with Gasteiger partial charge in [-0.05, 0) is 12.5 Å². The average Bonchev–Trinajstić information content (AvgIpc) is 2.15. The second-order valence-corrected chi connectivity index (χ2v) is 2.90. The number of aromatic nitrogens is 1. The van der Waals surface area contributed by atoms with Gasteiger partial charge < -0.3 is 10.5 Å². The van der Waals surface area contributed by atoms with E-state index in [1.807, 2.05) is 0 Å². The molecule has 0 saturated carbocycles. The zero-order valence-corrected chi connectivity index (χ0v) is 8.25. The molecular weight excluding hydrogens is 206 g/mol. The number of primary amides is 1. The first-order valence-corrected chi connectivity index (χ1v) is 4.10. The van der Waals surface area contributed by atoms with Crippen LogP contribution >= 0.6 is 0 Å². The van der Waals surface area contributed by atoms with Crippen LogP contribution in [0.5, 0.6) is 5.75 Å². The lowest BCUT2D eigenvalue weighted by Gasteiger charge is -2.12. The van der Waals surface area contributed by atoms with Crippen LogP contribution in [0.15, 0.2) is 6.20 Å². The van der Waals surface area contributed by atoms with Crippen molar-refractivity contribution < 1.29 is 18.3 Å². The van der Waals surface area contributed by atoms with Crippen LogP contribution in [-0.4, -0.2) is 18.0 Å². The van der Waals surface area contributed by atoms with Gasteiger partial charge in [-0.15, -0.1) is 0 Å². The van der Waals surface area contributed by atoms with Crippen molar-refractivity contribution in [2.75, 3.05) is 7.11 Å². The number of aryl methyl sites for hydroxylation is 1. The van der Waals surface area contributed by atoms with Crippen LogP contribution in [0.4, 0.5) is 8.78 Å². The quantitative estimate of drug-likeness (QED) is 0.831. The molecular formula is C9H10F2N2O2. The highest BCUT2D eigenvalue weighted by molar-refractivity contribution is 5.94. The molecule has 0 spiro atoms. The van der Waals surface area contributed by atoms with E-state index in [4.69, 9.17) is 10.5 Å². The lowest BCUT2D eigenvalue weighted by Crippen LogP contribution is -2.16. The number of nitrogens with zero attached hydrogens (tertiary/aromatic N) is 1. The molecule has 0 unspecified atom stereocenters. The molecule has 0 aliphatic carbocycles. The van der Waals surface area contributed by atoms with E-state index in [1.54, 1.807) is 0 Å². The van der Waals surface area contributed by atoms with Crippen LogP contribution in [0.25, 0.3) is 0 Å². The van der Waals surface area contributed by atoms with Crippen molar-refractivity contribution >= 4 is 5.91 Å². The van der Waals surface area contributed by atoms with Crippen LogP contribution in [0.3, 0.4) is 0 Å². The van der Waals surface area contributed by atoms with Gasteiger partial charge in [-0.1, -0.05) is 0 Å². The van der Waals surface area contributed by atoms with Gasteiger partial charge in [0.2, 0.25) is 0 Å². The molecule has 0 aliphatic heterocycles. The van der Waals surface area contributed by atoms with Gasteiger partial charge >= 0.3 is 0 Å². The molecule has 1 aromatic rings. The van der Waals surface area contributed by atoms with Crippen molar-refractivity contribution in [2.45, 2.75) is 13.3 Å². The second kappa shape index (κ2) is 4.20. The number of ether oxygens (including phenoxy) is 1. The Morgan fingerprint density at radius 2 is 2.20 bits per heavy atom. The third-order valence-electron chi connectivity index (χ3n) is 1.93. The van der Waals surface area contributed by atoms with Gasteiger partial charge in [-0.2, -0.15) is 0 Å². The van der Waals surface area contributed by atoms with E-state index in [0.717, 1.165) is 0 Å². The fourth-order valence-electron chi connectivity index (χ4n) is 1.25. The summed E-state index contributed by atoms with van der Waals surface area (Å²) in [6, 6.07) is 0. The lowest BCUT2D eigenvalue weighted by molar-refractivity contribution is 0.0990. The van der Waals surface area contributed by atoms with Crippen molar-refractivity contribution in [3.63, 3.8) is 0 Å². The highest BCUT2D eigenvalue weighted by Gasteiger charge is 2.23. The third kappa shape index (κ3) is 2.03. The summed E-state index contributed by atoms with van der Waals surface area (Å²) in [5, 5.41) is 0. The maximum Gasteiger partial charge on any atom is 0.271 e. The Bertz CT molecular complexity index is 394. The Balaban J connectivity index is 3.47. The average molecular weight is 216 g/mol. The Hall–Kier alpha value is -1.72. The molecule has 0 bridgehead atoms. The van der Waals surface area contributed by atoms with E-state index < -0.39 is 12.3 Å². The minimum Gasteiger partial charge on any atom is -0.494 e. The molecule has 4 nitrogen and oxygen atoms in total. The maximum atomic E-state index is 12.7. The molecule has 0 atom stereocenters. The van der Waals surface area contributed by atoms with E-state index in [0.29, 0.717) is 0 Å². The number of methoxy groups -OCH3 is 1. The number of hydrogen-bond acceptors (Lipinski definition) is 3. The molecule has 0 fully saturated rings. The summed E-state index contributed by atoms with van der Waals surface area (Å²) in [6.45, 7) is 1.46. The molecule has 0 saturated heterocycles. The summed E-state index contributed by atoms with van der Waals surface area (Å²) >= 11 is 0. The van der Waals surface area contributed by atoms with Crippen molar-refractivity contribution in [1.29, 1.82) is 0 Å². The van der Waals surface area contributed by atoms with Gasteiger partial charge in [-0.25, -0.2) is 13.8 Å². The molecule has 15 heavy (non-hydrogen) atoms. The number of nitrogens with two attached hydrogens (primary N) is 1. The summed E-state index contributed by atoms with van der Waals surface area (Å²) < 4.78 is 30.1. The Kier molecular flexibility index (Phi) is 3.18. The largest absolute Gasteiger partial charge is 0.494 e. The van der Waals surface area contributed by atoms with Crippen LogP contribution < -0.4 is 10.5 Å².